The van der Waals surface area contributed by atoms with Crippen LogP contribution < -0.4 is 0 Å². The lowest BCUT2D eigenvalue weighted by atomic mass is 10.2. The summed E-state index contributed by atoms with van der Waals surface area (Å²) in [6.45, 7) is 2.97. The Hall–Kier alpha value is -2.49. The third kappa shape index (κ3) is 10.8. The van der Waals surface area contributed by atoms with Crippen molar-refractivity contribution in [3.05, 3.63) is 48.0 Å². The largest absolute Gasteiger partial charge is 0.463 e. The first kappa shape index (κ1) is 18.6. The third-order valence-electron chi connectivity index (χ3n) is 2.69. The van der Waals surface area contributed by atoms with E-state index in [2.05, 4.69) is 23.7 Å². The summed E-state index contributed by atoms with van der Waals surface area (Å²) in [7, 11) is 0. The summed E-state index contributed by atoms with van der Waals surface area (Å²) in [5.74, 6) is 11.7. The van der Waals surface area contributed by atoms with E-state index in [1.807, 2.05) is 36.4 Å². The number of unbranched alkanes of at least 4 members (excludes halogenated alkanes) is 2. The Balaban J connectivity index is 2.02. The zero-order chi connectivity index (χ0) is 16.6. The molecule has 3 nitrogen and oxygen atoms in total. The maximum atomic E-state index is 11.0. The van der Waals surface area contributed by atoms with Gasteiger partial charge < -0.3 is 9.47 Å². The van der Waals surface area contributed by atoms with Crippen LogP contribution in [0.1, 0.15) is 31.7 Å². The molecule has 0 bridgehead atoms. The van der Waals surface area contributed by atoms with Gasteiger partial charge in [0.15, 0.2) is 0 Å². The zero-order valence-corrected chi connectivity index (χ0v) is 13.5. The second-order valence-corrected chi connectivity index (χ2v) is 4.56. The van der Waals surface area contributed by atoms with Gasteiger partial charge in [0.2, 0.25) is 0 Å². The monoisotopic (exact) mass is 310 g/mol. The minimum absolute atomic E-state index is 0.288. The molecule has 0 atom stereocenters. The molecule has 0 heterocycles. The molecule has 0 saturated carbocycles. The topological polar surface area (TPSA) is 35.5 Å². The summed E-state index contributed by atoms with van der Waals surface area (Å²) in [5.41, 5.74) is 0.984. The van der Waals surface area contributed by atoms with E-state index in [0.29, 0.717) is 19.8 Å². The molecule has 120 valence electrons. The summed E-state index contributed by atoms with van der Waals surface area (Å²) in [6.07, 6.45) is 5.79. The molecule has 0 amide bonds. The fourth-order valence-electron chi connectivity index (χ4n) is 1.63. The molecule has 1 aromatic carbocycles. The van der Waals surface area contributed by atoms with E-state index in [1.54, 1.807) is 6.92 Å². The van der Waals surface area contributed by atoms with Gasteiger partial charge in [0.1, 0.15) is 13.2 Å². The molecule has 3 heteroatoms. The van der Waals surface area contributed by atoms with E-state index in [9.17, 15) is 4.79 Å². The minimum atomic E-state index is -0.288. The van der Waals surface area contributed by atoms with E-state index in [-0.39, 0.29) is 5.97 Å². The third-order valence-corrected chi connectivity index (χ3v) is 2.69. The molecular formula is C20H22O3. The molecule has 0 aliphatic heterocycles. The summed E-state index contributed by atoms with van der Waals surface area (Å²) >= 11 is 0. The molecular weight excluding hydrogens is 288 g/mol. The van der Waals surface area contributed by atoms with Crippen LogP contribution in [0.4, 0.5) is 0 Å². The van der Waals surface area contributed by atoms with Crippen molar-refractivity contribution in [2.75, 3.05) is 19.8 Å². The summed E-state index contributed by atoms with van der Waals surface area (Å²) < 4.78 is 10.1. The highest BCUT2D eigenvalue weighted by Crippen LogP contribution is 1.96. The molecule has 0 unspecified atom stereocenters. The van der Waals surface area contributed by atoms with Crippen molar-refractivity contribution in [3.63, 3.8) is 0 Å². The van der Waals surface area contributed by atoms with E-state index >= 15 is 0 Å². The van der Waals surface area contributed by atoms with Gasteiger partial charge in [-0.15, -0.1) is 5.92 Å². The molecule has 1 rings (SSSR count). The Kier molecular flexibility index (Phi) is 10.6. The number of hydrogen-bond donors (Lipinski definition) is 0. The van der Waals surface area contributed by atoms with Gasteiger partial charge in [0.25, 0.3) is 0 Å². The molecule has 0 aromatic heterocycles. The SMILES string of the molecule is CCOC(=O)/C=C/CCCC#CCOCC#Cc1ccccc1. The number of hydrogen-bond acceptors (Lipinski definition) is 3. The van der Waals surface area contributed by atoms with Gasteiger partial charge in [-0.1, -0.05) is 42.0 Å². The van der Waals surface area contributed by atoms with E-state index < -0.39 is 0 Å². The van der Waals surface area contributed by atoms with Crippen LogP contribution in [-0.4, -0.2) is 25.8 Å². The Morgan fingerprint density at radius 2 is 1.91 bits per heavy atom. The number of benzene rings is 1. The van der Waals surface area contributed by atoms with Crippen LogP contribution in [0.25, 0.3) is 0 Å². The minimum Gasteiger partial charge on any atom is -0.463 e. The highest BCUT2D eigenvalue weighted by atomic mass is 16.5. The summed E-state index contributed by atoms with van der Waals surface area (Å²) in [5, 5.41) is 0. The molecule has 0 radical (unpaired) electrons. The lowest BCUT2D eigenvalue weighted by Crippen LogP contribution is -1.98. The number of carbonyl (C=O) groups is 1. The smallest absolute Gasteiger partial charge is 0.330 e. The number of ether oxygens (including phenoxy) is 2. The lowest BCUT2D eigenvalue weighted by molar-refractivity contribution is -0.137. The molecule has 0 saturated heterocycles. The zero-order valence-electron chi connectivity index (χ0n) is 13.5. The van der Waals surface area contributed by atoms with Crippen molar-refractivity contribution in [2.24, 2.45) is 0 Å². The first-order chi connectivity index (χ1) is 11.3. The summed E-state index contributed by atoms with van der Waals surface area (Å²) in [6, 6.07) is 9.80. The fraction of sp³-hybridized carbons (Fsp3) is 0.350. The van der Waals surface area contributed by atoms with Crippen LogP contribution in [0.5, 0.6) is 0 Å². The first-order valence-electron chi connectivity index (χ1n) is 7.73. The second kappa shape index (κ2) is 13.2. The highest BCUT2D eigenvalue weighted by Gasteiger charge is 1.91. The van der Waals surface area contributed by atoms with Crippen molar-refractivity contribution in [1.29, 1.82) is 0 Å². The molecule has 1 aromatic rings. The number of esters is 1. The van der Waals surface area contributed by atoms with Crippen LogP contribution in [-0.2, 0) is 14.3 Å². The van der Waals surface area contributed by atoms with Crippen molar-refractivity contribution < 1.29 is 14.3 Å². The van der Waals surface area contributed by atoms with Gasteiger partial charge in [-0.05, 0) is 31.9 Å². The highest BCUT2D eigenvalue weighted by molar-refractivity contribution is 5.81. The maximum absolute atomic E-state index is 11.0. The van der Waals surface area contributed by atoms with Crippen molar-refractivity contribution >= 4 is 5.97 Å². The van der Waals surface area contributed by atoms with Crippen LogP contribution in [0.3, 0.4) is 0 Å². The number of allylic oxidation sites excluding steroid dienone is 1. The number of rotatable bonds is 7. The molecule has 0 aliphatic rings. The van der Waals surface area contributed by atoms with E-state index in [0.717, 1.165) is 24.8 Å². The van der Waals surface area contributed by atoms with Crippen LogP contribution in [0.2, 0.25) is 0 Å². The Bertz CT molecular complexity index is 595. The molecule has 23 heavy (non-hydrogen) atoms. The lowest BCUT2D eigenvalue weighted by Gasteiger charge is -1.94. The van der Waals surface area contributed by atoms with Gasteiger partial charge in [0.05, 0.1) is 6.61 Å². The Morgan fingerprint density at radius 1 is 1.13 bits per heavy atom. The van der Waals surface area contributed by atoms with Crippen molar-refractivity contribution in [2.45, 2.75) is 26.2 Å². The molecule has 0 N–H and O–H groups in total. The molecule has 0 fully saturated rings. The predicted octanol–water partition coefficient (Wildman–Crippen LogP) is 3.35. The van der Waals surface area contributed by atoms with Gasteiger partial charge in [0, 0.05) is 18.1 Å². The van der Waals surface area contributed by atoms with Crippen molar-refractivity contribution in [1.82, 2.24) is 0 Å². The first-order valence-corrected chi connectivity index (χ1v) is 7.73. The second-order valence-electron chi connectivity index (χ2n) is 4.56. The quantitative estimate of drug-likeness (QED) is 0.335. The average Bonchev–Trinajstić information content (AvgIpc) is 2.57. The standard InChI is InChI=1S/C20H22O3/c1-2-23-20(21)16-10-5-3-4-6-11-17-22-18-12-15-19-13-8-7-9-14-19/h7-10,13-14,16H,2-5,17-18H2,1H3/b16-10+. The molecule has 0 spiro atoms. The van der Waals surface area contributed by atoms with E-state index in [4.69, 9.17) is 9.47 Å². The van der Waals surface area contributed by atoms with Gasteiger partial charge in [-0.2, -0.15) is 0 Å². The van der Waals surface area contributed by atoms with Crippen molar-refractivity contribution in [3.8, 4) is 23.7 Å². The average molecular weight is 310 g/mol. The van der Waals surface area contributed by atoms with Crippen LogP contribution in [0.15, 0.2) is 42.5 Å². The molecule has 0 aliphatic carbocycles. The van der Waals surface area contributed by atoms with Gasteiger partial charge in [-0.3, -0.25) is 0 Å². The fourth-order valence-corrected chi connectivity index (χ4v) is 1.63. The van der Waals surface area contributed by atoms with E-state index in [1.165, 1.54) is 6.08 Å². The maximum Gasteiger partial charge on any atom is 0.330 e. The Morgan fingerprint density at radius 3 is 2.70 bits per heavy atom. The van der Waals surface area contributed by atoms with Gasteiger partial charge >= 0.3 is 5.97 Å². The normalized spacial score (nSPS) is 9.61. The summed E-state index contributed by atoms with van der Waals surface area (Å²) in [4.78, 5) is 11.0. The predicted molar refractivity (Wildman–Crippen MR) is 91.5 cm³/mol. The Labute approximate surface area is 138 Å². The number of carbonyl (C=O) groups excluding carboxylic acids is 1. The van der Waals surface area contributed by atoms with Crippen LogP contribution >= 0.6 is 0 Å². The van der Waals surface area contributed by atoms with Crippen LogP contribution in [0, 0.1) is 23.7 Å². The van der Waals surface area contributed by atoms with Gasteiger partial charge in [-0.25, -0.2) is 4.79 Å².